The van der Waals surface area contributed by atoms with Crippen LogP contribution in [0.4, 0.5) is 5.69 Å². The fraction of sp³-hybridized carbons (Fsp3) is 0.550. The van der Waals surface area contributed by atoms with Crippen molar-refractivity contribution < 1.29 is 24.2 Å². The normalized spacial score (nSPS) is 22.3. The monoisotopic (exact) mass is 374 g/mol. The van der Waals surface area contributed by atoms with Gasteiger partial charge in [-0.25, -0.2) is 4.79 Å². The number of carboxylic acid groups (broad SMARTS) is 1. The number of carbonyl (C=O) groups excluding carboxylic acids is 2. The van der Waals surface area contributed by atoms with Crippen molar-refractivity contribution in [1.82, 2.24) is 4.90 Å². The number of carboxylic acids is 1. The summed E-state index contributed by atoms with van der Waals surface area (Å²) < 4.78 is 5.11. The van der Waals surface area contributed by atoms with Crippen LogP contribution in [-0.2, 0) is 9.59 Å². The number of hydrogen-bond acceptors (Lipinski definition) is 4. The smallest absolute Gasteiger partial charge is 0.339 e. The predicted molar refractivity (Wildman–Crippen MR) is 99.8 cm³/mol. The minimum absolute atomic E-state index is 0.0373. The zero-order chi connectivity index (χ0) is 19.4. The number of nitrogens with one attached hydrogen (secondary N) is 1. The molecule has 3 rings (SSSR count). The Hall–Kier alpha value is -2.57. The van der Waals surface area contributed by atoms with Gasteiger partial charge in [-0.05, 0) is 37.8 Å². The van der Waals surface area contributed by atoms with Crippen LogP contribution in [0.1, 0.15) is 48.9 Å². The van der Waals surface area contributed by atoms with Gasteiger partial charge in [-0.2, -0.15) is 0 Å². The SMILES string of the molecule is COc1cc(NC(=O)C2CCCCC2C(=O)N2CCCC2)ccc1C(=O)O. The van der Waals surface area contributed by atoms with E-state index in [-0.39, 0.29) is 35.0 Å². The molecule has 1 aliphatic heterocycles. The van der Waals surface area contributed by atoms with E-state index in [1.165, 1.54) is 19.2 Å². The molecule has 2 amide bonds. The first-order valence-electron chi connectivity index (χ1n) is 9.52. The molecule has 0 aromatic heterocycles. The molecular weight excluding hydrogens is 348 g/mol. The Morgan fingerprint density at radius 3 is 2.37 bits per heavy atom. The molecular formula is C20H26N2O5. The number of ether oxygens (including phenoxy) is 1. The highest BCUT2D eigenvalue weighted by Gasteiger charge is 2.38. The Bertz CT molecular complexity index is 727. The van der Waals surface area contributed by atoms with Crippen molar-refractivity contribution in [1.29, 1.82) is 0 Å². The fourth-order valence-corrected chi connectivity index (χ4v) is 4.09. The standard InChI is InChI=1S/C20H26N2O5/c1-27-17-12-13(8-9-16(17)20(25)26)21-18(23)14-6-2-3-7-15(14)19(24)22-10-4-5-11-22/h8-9,12,14-15H,2-7,10-11H2,1H3,(H,21,23)(H,25,26). The molecule has 1 heterocycles. The molecule has 0 bridgehead atoms. The molecule has 1 saturated heterocycles. The van der Waals surface area contributed by atoms with E-state index in [0.29, 0.717) is 12.1 Å². The second kappa shape index (κ2) is 8.41. The van der Waals surface area contributed by atoms with Crippen molar-refractivity contribution in [3.8, 4) is 5.75 Å². The number of hydrogen-bond donors (Lipinski definition) is 2. The van der Waals surface area contributed by atoms with Gasteiger partial charge in [0.05, 0.1) is 7.11 Å². The molecule has 1 aromatic rings. The maximum atomic E-state index is 12.9. The lowest BCUT2D eigenvalue weighted by atomic mass is 9.77. The molecule has 0 radical (unpaired) electrons. The van der Waals surface area contributed by atoms with Crippen LogP contribution in [0, 0.1) is 11.8 Å². The quantitative estimate of drug-likeness (QED) is 0.826. The van der Waals surface area contributed by atoms with Crippen LogP contribution >= 0.6 is 0 Å². The first-order valence-corrected chi connectivity index (χ1v) is 9.52. The Kier molecular flexibility index (Phi) is 5.98. The molecule has 2 atom stereocenters. The topological polar surface area (TPSA) is 95.9 Å². The van der Waals surface area contributed by atoms with Crippen molar-refractivity contribution in [2.45, 2.75) is 38.5 Å². The number of likely N-dealkylation sites (tertiary alicyclic amines) is 1. The molecule has 2 N–H and O–H groups in total. The fourth-order valence-electron chi connectivity index (χ4n) is 4.09. The van der Waals surface area contributed by atoms with Gasteiger partial charge in [0.25, 0.3) is 0 Å². The molecule has 7 heteroatoms. The summed E-state index contributed by atoms with van der Waals surface area (Å²) in [7, 11) is 1.39. The van der Waals surface area contributed by atoms with Gasteiger partial charge in [0, 0.05) is 36.7 Å². The minimum atomic E-state index is -1.09. The van der Waals surface area contributed by atoms with Crippen LogP contribution in [0.3, 0.4) is 0 Å². The summed E-state index contributed by atoms with van der Waals surface area (Å²) in [6.45, 7) is 1.58. The number of carbonyl (C=O) groups is 3. The van der Waals surface area contributed by atoms with E-state index in [1.807, 2.05) is 4.90 Å². The zero-order valence-corrected chi connectivity index (χ0v) is 15.6. The van der Waals surface area contributed by atoms with Crippen molar-refractivity contribution in [2.75, 3.05) is 25.5 Å². The summed E-state index contributed by atoms with van der Waals surface area (Å²) in [6, 6.07) is 4.45. The van der Waals surface area contributed by atoms with Gasteiger partial charge in [0.2, 0.25) is 11.8 Å². The number of nitrogens with zero attached hydrogens (tertiary/aromatic N) is 1. The highest BCUT2D eigenvalue weighted by atomic mass is 16.5. The molecule has 146 valence electrons. The molecule has 27 heavy (non-hydrogen) atoms. The summed E-state index contributed by atoms with van der Waals surface area (Å²) in [5.41, 5.74) is 0.509. The van der Waals surface area contributed by atoms with Crippen molar-refractivity contribution in [2.24, 2.45) is 11.8 Å². The lowest BCUT2D eigenvalue weighted by molar-refractivity contribution is -0.141. The number of amides is 2. The van der Waals surface area contributed by atoms with E-state index < -0.39 is 5.97 Å². The van der Waals surface area contributed by atoms with Gasteiger partial charge in [0.1, 0.15) is 11.3 Å². The van der Waals surface area contributed by atoms with Crippen LogP contribution < -0.4 is 10.1 Å². The van der Waals surface area contributed by atoms with Gasteiger partial charge in [-0.15, -0.1) is 0 Å². The highest BCUT2D eigenvalue weighted by Crippen LogP contribution is 2.34. The summed E-state index contributed by atoms with van der Waals surface area (Å²) >= 11 is 0. The Morgan fingerprint density at radius 2 is 1.74 bits per heavy atom. The van der Waals surface area contributed by atoms with Gasteiger partial charge < -0.3 is 20.1 Å². The number of rotatable bonds is 5. The molecule has 7 nitrogen and oxygen atoms in total. The van der Waals surface area contributed by atoms with Crippen LogP contribution in [-0.4, -0.2) is 48.0 Å². The average Bonchev–Trinajstić information content (AvgIpc) is 3.21. The van der Waals surface area contributed by atoms with E-state index in [9.17, 15) is 14.4 Å². The van der Waals surface area contributed by atoms with E-state index in [1.54, 1.807) is 6.07 Å². The Labute approximate surface area is 158 Å². The summed E-state index contributed by atoms with van der Waals surface area (Å²) in [5, 5.41) is 12.0. The molecule has 2 unspecified atom stereocenters. The van der Waals surface area contributed by atoms with E-state index in [0.717, 1.165) is 45.2 Å². The van der Waals surface area contributed by atoms with Gasteiger partial charge >= 0.3 is 5.97 Å². The Morgan fingerprint density at radius 1 is 1.07 bits per heavy atom. The van der Waals surface area contributed by atoms with E-state index in [2.05, 4.69) is 5.32 Å². The zero-order valence-electron chi connectivity index (χ0n) is 15.6. The molecule has 0 spiro atoms. The summed E-state index contributed by atoms with van der Waals surface area (Å²) in [5.74, 6) is -1.60. The average molecular weight is 374 g/mol. The van der Waals surface area contributed by atoms with Crippen LogP contribution in [0.5, 0.6) is 5.75 Å². The lowest BCUT2D eigenvalue weighted by Gasteiger charge is -2.32. The number of methoxy groups -OCH3 is 1. The second-order valence-electron chi connectivity index (χ2n) is 7.24. The number of aromatic carboxylic acids is 1. The molecule has 1 saturated carbocycles. The van der Waals surface area contributed by atoms with E-state index >= 15 is 0 Å². The van der Waals surface area contributed by atoms with Crippen LogP contribution in [0.2, 0.25) is 0 Å². The van der Waals surface area contributed by atoms with E-state index in [4.69, 9.17) is 9.84 Å². The maximum Gasteiger partial charge on any atom is 0.339 e. The Balaban J connectivity index is 1.73. The molecule has 2 fully saturated rings. The second-order valence-corrected chi connectivity index (χ2v) is 7.24. The first kappa shape index (κ1) is 19.2. The minimum Gasteiger partial charge on any atom is -0.496 e. The summed E-state index contributed by atoms with van der Waals surface area (Å²) in [4.78, 5) is 38.8. The van der Waals surface area contributed by atoms with Gasteiger partial charge in [-0.1, -0.05) is 12.8 Å². The van der Waals surface area contributed by atoms with Crippen LogP contribution in [0.15, 0.2) is 18.2 Å². The number of anilines is 1. The van der Waals surface area contributed by atoms with Crippen LogP contribution in [0.25, 0.3) is 0 Å². The van der Waals surface area contributed by atoms with Gasteiger partial charge in [0.15, 0.2) is 0 Å². The van der Waals surface area contributed by atoms with Crippen molar-refractivity contribution in [3.63, 3.8) is 0 Å². The van der Waals surface area contributed by atoms with Crippen molar-refractivity contribution >= 4 is 23.5 Å². The highest BCUT2D eigenvalue weighted by molar-refractivity contribution is 5.97. The third kappa shape index (κ3) is 4.23. The molecule has 2 aliphatic rings. The third-order valence-corrected chi connectivity index (χ3v) is 5.54. The first-order chi connectivity index (χ1) is 13.0. The third-order valence-electron chi connectivity index (χ3n) is 5.54. The maximum absolute atomic E-state index is 12.9. The molecule has 1 aromatic carbocycles. The largest absolute Gasteiger partial charge is 0.496 e. The van der Waals surface area contributed by atoms with Crippen molar-refractivity contribution in [3.05, 3.63) is 23.8 Å². The predicted octanol–water partition coefficient (Wildman–Crippen LogP) is 2.76. The summed E-state index contributed by atoms with van der Waals surface area (Å²) in [6.07, 6.45) is 5.41. The van der Waals surface area contributed by atoms with Gasteiger partial charge in [-0.3, -0.25) is 9.59 Å². The lowest BCUT2D eigenvalue weighted by Crippen LogP contribution is -2.42. The number of benzene rings is 1. The molecule has 1 aliphatic carbocycles.